The van der Waals surface area contributed by atoms with Crippen LogP contribution >= 0.6 is 0 Å². The van der Waals surface area contributed by atoms with Gasteiger partial charge in [-0.3, -0.25) is 4.98 Å². The smallest absolute Gasteiger partial charge is 0.0733 e. The fraction of sp³-hybridized carbons (Fsp3) is 0.154. The van der Waals surface area contributed by atoms with Crippen LogP contribution in [0.5, 0.6) is 0 Å². The molecule has 1 aliphatic rings. The van der Waals surface area contributed by atoms with Crippen LogP contribution in [-0.4, -0.2) is 4.98 Å². The van der Waals surface area contributed by atoms with Gasteiger partial charge < -0.3 is 0 Å². The second-order valence-corrected chi connectivity index (χ2v) is 3.25. The van der Waals surface area contributed by atoms with Gasteiger partial charge in [-0.25, -0.2) is 0 Å². The van der Waals surface area contributed by atoms with Crippen LogP contribution in [0.3, 0.4) is 0 Å². The summed E-state index contributed by atoms with van der Waals surface area (Å²) in [5, 5.41) is 2.32. The Labute approximate surface area is 83.8 Å². The zero-order valence-corrected chi connectivity index (χ0v) is 8.27. The van der Waals surface area contributed by atoms with Gasteiger partial charge in [-0.1, -0.05) is 36.4 Å². The van der Waals surface area contributed by atoms with Crippen LogP contribution in [0.4, 0.5) is 0 Å². The van der Waals surface area contributed by atoms with Crippen molar-refractivity contribution in [3.8, 4) is 0 Å². The zero-order valence-electron chi connectivity index (χ0n) is 8.27. The highest BCUT2D eigenvalue weighted by molar-refractivity contribution is 5.60. The monoisotopic (exact) mass is 183 g/mol. The minimum absolute atomic E-state index is 0.981. The summed E-state index contributed by atoms with van der Waals surface area (Å²) >= 11 is 0. The van der Waals surface area contributed by atoms with E-state index in [2.05, 4.69) is 41.4 Å². The van der Waals surface area contributed by atoms with E-state index in [1.165, 1.54) is 10.8 Å². The maximum Gasteiger partial charge on any atom is 0.0733 e. The van der Waals surface area contributed by atoms with Crippen LogP contribution in [0.15, 0.2) is 42.6 Å². The summed E-state index contributed by atoms with van der Waals surface area (Å²) in [5.41, 5.74) is 1.29. The predicted octanol–water partition coefficient (Wildman–Crippen LogP) is 1.55. The topological polar surface area (TPSA) is 12.9 Å². The van der Waals surface area contributed by atoms with Gasteiger partial charge in [-0.05, 0) is 30.2 Å². The standard InChI is InChI=1S/C13H13N/c1-2-11-9-6-10-14-13(11)12-7-4-3-5-8-12/h2-7,9-10H,8H2,1H3/b11-2-,13-12+. The summed E-state index contributed by atoms with van der Waals surface area (Å²) < 4.78 is 0. The Morgan fingerprint density at radius 3 is 3.00 bits per heavy atom. The lowest BCUT2D eigenvalue weighted by atomic mass is 10.1. The van der Waals surface area contributed by atoms with Gasteiger partial charge in [0.2, 0.25) is 0 Å². The minimum Gasteiger partial charge on any atom is -0.256 e. The Morgan fingerprint density at radius 2 is 2.29 bits per heavy atom. The van der Waals surface area contributed by atoms with Gasteiger partial charge in [0, 0.05) is 6.20 Å². The Kier molecular flexibility index (Phi) is 2.59. The van der Waals surface area contributed by atoms with E-state index in [1.807, 2.05) is 19.2 Å². The van der Waals surface area contributed by atoms with Gasteiger partial charge in [-0.2, -0.15) is 0 Å². The number of rotatable bonds is 0. The van der Waals surface area contributed by atoms with E-state index in [9.17, 15) is 0 Å². The molecule has 0 N–H and O–H groups in total. The highest BCUT2D eigenvalue weighted by Gasteiger charge is 1.96. The number of pyridine rings is 1. The molecule has 0 fully saturated rings. The first-order chi connectivity index (χ1) is 6.92. The molecule has 14 heavy (non-hydrogen) atoms. The maximum absolute atomic E-state index is 4.42. The summed E-state index contributed by atoms with van der Waals surface area (Å²) in [6.45, 7) is 2.05. The fourth-order valence-corrected chi connectivity index (χ4v) is 1.61. The number of hydrogen-bond acceptors (Lipinski definition) is 1. The van der Waals surface area contributed by atoms with E-state index in [4.69, 9.17) is 0 Å². The molecule has 0 radical (unpaired) electrons. The molecule has 0 unspecified atom stereocenters. The number of hydrogen-bond donors (Lipinski definition) is 0. The number of allylic oxidation sites excluding steroid dienone is 4. The molecule has 0 aliphatic heterocycles. The van der Waals surface area contributed by atoms with Crippen molar-refractivity contribution in [2.45, 2.75) is 13.3 Å². The van der Waals surface area contributed by atoms with E-state index in [0.717, 1.165) is 11.8 Å². The average molecular weight is 183 g/mol. The van der Waals surface area contributed by atoms with E-state index in [-0.39, 0.29) is 0 Å². The van der Waals surface area contributed by atoms with Gasteiger partial charge in [0.05, 0.1) is 5.35 Å². The van der Waals surface area contributed by atoms with Crippen molar-refractivity contribution in [3.63, 3.8) is 0 Å². The molecule has 1 heteroatoms. The molecule has 1 aromatic rings. The van der Waals surface area contributed by atoms with Crippen LogP contribution in [0.1, 0.15) is 13.3 Å². The van der Waals surface area contributed by atoms with Crippen molar-refractivity contribution in [2.24, 2.45) is 0 Å². The van der Waals surface area contributed by atoms with Gasteiger partial charge in [0.15, 0.2) is 0 Å². The predicted molar refractivity (Wildman–Crippen MR) is 59.9 cm³/mol. The maximum atomic E-state index is 4.42. The first kappa shape index (κ1) is 8.95. The molecule has 0 amide bonds. The third-order valence-corrected chi connectivity index (χ3v) is 2.34. The largest absolute Gasteiger partial charge is 0.256 e. The van der Waals surface area contributed by atoms with Crippen molar-refractivity contribution in [2.75, 3.05) is 0 Å². The normalized spacial score (nSPS) is 20.2. The van der Waals surface area contributed by atoms with Crippen molar-refractivity contribution in [3.05, 3.63) is 53.2 Å². The Balaban J connectivity index is 2.72. The van der Waals surface area contributed by atoms with Gasteiger partial charge in [0.25, 0.3) is 0 Å². The zero-order chi connectivity index (χ0) is 9.80. The van der Waals surface area contributed by atoms with E-state index < -0.39 is 0 Å². The highest BCUT2D eigenvalue weighted by atomic mass is 14.6. The molecule has 1 heterocycles. The van der Waals surface area contributed by atoms with Gasteiger partial charge >= 0.3 is 0 Å². The first-order valence-corrected chi connectivity index (χ1v) is 4.85. The quantitative estimate of drug-likeness (QED) is 0.594. The number of nitrogens with zero attached hydrogens (tertiary/aromatic N) is 1. The Hall–Kier alpha value is -1.63. The molecule has 0 aromatic carbocycles. The lowest BCUT2D eigenvalue weighted by molar-refractivity contribution is 1.18. The molecule has 2 rings (SSSR count). The van der Waals surface area contributed by atoms with Crippen molar-refractivity contribution >= 4 is 11.6 Å². The second kappa shape index (κ2) is 4.05. The lowest BCUT2D eigenvalue weighted by Crippen LogP contribution is -2.29. The number of aromatic nitrogens is 1. The van der Waals surface area contributed by atoms with E-state index in [0.29, 0.717) is 0 Å². The molecule has 1 aliphatic carbocycles. The summed E-state index contributed by atoms with van der Waals surface area (Å²) in [7, 11) is 0. The third-order valence-electron chi connectivity index (χ3n) is 2.34. The lowest BCUT2D eigenvalue weighted by Gasteiger charge is -2.01. The summed E-state index contributed by atoms with van der Waals surface area (Å²) in [6.07, 6.45) is 13.4. The Bertz CT molecular complexity index is 492. The SMILES string of the molecule is C/C=c1/cccn/c1=C1\C=CC=CC1. The molecular weight excluding hydrogens is 170 g/mol. The van der Waals surface area contributed by atoms with Crippen LogP contribution in [0, 0.1) is 0 Å². The van der Waals surface area contributed by atoms with Crippen LogP contribution in [0.25, 0.3) is 11.6 Å². The molecule has 0 saturated heterocycles. The molecule has 0 spiro atoms. The summed E-state index contributed by atoms with van der Waals surface area (Å²) in [4.78, 5) is 4.42. The van der Waals surface area contributed by atoms with Gasteiger partial charge in [-0.15, -0.1) is 0 Å². The minimum atomic E-state index is 0.981. The third kappa shape index (κ3) is 1.67. The molecule has 0 atom stereocenters. The van der Waals surface area contributed by atoms with Crippen molar-refractivity contribution in [1.82, 2.24) is 4.98 Å². The highest BCUT2D eigenvalue weighted by Crippen LogP contribution is 2.07. The second-order valence-electron chi connectivity index (χ2n) is 3.25. The summed E-state index contributed by atoms with van der Waals surface area (Å²) in [6, 6.07) is 4.07. The molecule has 0 bridgehead atoms. The molecule has 1 nitrogen and oxygen atoms in total. The molecule has 0 saturated carbocycles. The van der Waals surface area contributed by atoms with Crippen molar-refractivity contribution in [1.29, 1.82) is 0 Å². The van der Waals surface area contributed by atoms with Crippen LogP contribution < -0.4 is 10.6 Å². The Morgan fingerprint density at radius 1 is 1.36 bits per heavy atom. The van der Waals surface area contributed by atoms with Gasteiger partial charge in [0.1, 0.15) is 0 Å². The summed E-state index contributed by atoms with van der Waals surface area (Å²) in [5.74, 6) is 0. The molecular formula is C13H13N. The molecule has 70 valence electrons. The first-order valence-electron chi connectivity index (χ1n) is 4.85. The van der Waals surface area contributed by atoms with Crippen molar-refractivity contribution < 1.29 is 0 Å². The van der Waals surface area contributed by atoms with E-state index in [1.54, 1.807) is 0 Å². The average Bonchev–Trinajstić information content (AvgIpc) is 2.30. The fourth-order valence-electron chi connectivity index (χ4n) is 1.61. The van der Waals surface area contributed by atoms with Crippen LogP contribution in [-0.2, 0) is 0 Å². The van der Waals surface area contributed by atoms with Crippen LogP contribution in [0.2, 0.25) is 0 Å². The molecule has 1 aromatic heterocycles. The van der Waals surface area contributed by atoms with E-state index >= 15 is 0 Å².